The van der Waals surface area contributed by atoms with Gasteiger partial charge in [-0.1, -0.05) is 0 Å². The molecule has 3 aromatic heterocycles. The van der Waals surface area contributed by atoms with Gasteiger partial charge in [0.2, 0.25) is 0 Å². The number of pyridine rings is 1. The largest absolute Gasteiger partial charge is 0.347 e. The third-order valence-electron chi connectivity index (χ3n) is 2.24. The number of rotatable bonds is 0. The Morgan fingerprint density at radius 3 is 3.07 bits per heavy atom. The number of nitrogens with one attached hydrogen (secondary N) is 2. The Labute approximate surface area is 91.7 Å². The van der Waals surface area contributed by atoms with E-state index in [1.807, 2.05) is 6.07 Å². The standard InChI is InChI=1S/C9H5BrN4O/c10-6-1-4-5(2-11-6)14-8-7(4)12-3-13-9(8)15/h1-3,14H,(H,12,13,15). The number of hydrogen-bond acceptors (Lipinski definition) is 3. The molecule has 0 spiro atoms. The Hall–Kier alpha value is -1.69. The van der Waals surface area contributed by atoms with E-state index >= 15 is 0 Å². The normalized spacial score (nSPS) is 11.3. The molecule has 0 amide bonds. The summed E-state index contributed by atoms with van der Waals surface area (Å²) in [7, 11) is 0. The van der Waals surface area contributed by atoms with Crippen LogP contribution in [0.2, 0.25) is 0 Å². The van der Waals surface area contributed by atoms with E-state index < -0.39 is 0 Å². The lowest BCUT2D eigenvalue weighted by atomic mass is 10.3. The molecule has 3 rings (SSSR count). The quantitative estimate of drug-likeness (QED) is 0.606. The molecule has 2 N–H and O–H groups in total. The number of H-pyrrole nitrogens is 2. The molecule has 0 atom stereocenters. The molecule has 0 saturated heterocycles. The summed E-state index contributed by atoms with van der Waals surface area (Å²) in [6, 6.07) is 1.83. The zero-order valence-corrected chi connectivity index (χ0v) is 9.00. The second-order valence-electron chi connectivity index (χ2n) is 3.13. The maximum atomic E-state index is 11.5. The minimum Gasteiger partial charge on any atom is -0.347 e. The van der Waals surface area contributed by atoms with Gasteiger partial charge in [0.15, 0.2) is 0 Å². The molecule has 0 unspecified atom stereocenters. The van der Waals surface area contributed by atoms with Crippen LogP contribution >= 0.6 is 15.9 Å². The highest BCUT2D eigenvalue weighted by molar-refractivity contribution is 9.10. The van der Waals surface area contributed by atoms with Crippen molar-refractivity contribution in [3.8, 4) is 0 Å². The first-order chi connectivity index (χ1) is 7.25. The van der Waals surface area contributed by atoms with E-state index in [0.29, 0.717) is 11.0 Å². The molecule has 0 aromatic carbocycles. The van der Waals surface area contributed by atoms with Crippen molar-refractivity contribution in [3.63, 3.8) is 0 Å². The van der Waals surface area contributed by atoms with Crippen molar-refractivity contribution in [2.24, 2.45) is 0 Å². The highest BCUT2D eigenvalue weighted by Crippen LogP contribution is 2.22. The zero-order valence-electron chi connectivity index (χ0n) is 7.41. The number of aromatic nitrogens is 4. The van der Waals surface area contributed by atoms with Gasteiger partial charge in [-0.25, -0.2) is 9.97 Å². The second kappa shape index (κ2) is 2.90. The molecule has 74 valence electrons. The SMILES string of the molecule is O=c1[nH]cnc2c1[nH]c1cnc(Br)cc12. The zero-order chi connectivity index (χ0) is 10.4. The first-order valence-electron chi connectivity index (χ1n) is 4.26. The molecule has 6 heteroatoms. The Kier molecular flexibility index (Phi) is 1.66. The predicted octanol–water partition coefficient (Wildman–Crippen LogP) is 1.56. The van der Waals surface area contributed by atoms with Gasteiger partial charge in [-0.15, -0.1) is 0 Å². The molecule has 0 aliphatic carbocycles. The van der Waals surface area contributed by atoms with E-state index in [2.05, 4.69) is 35.9 Å². The fourth-order valence-corrected chi connectivity index (χ4v) is 1.91. The summed E-state index contributed by atoms with van der Waals surface area (Å²) < 4.78 is 0.720. The molecule has 0 radical (unpaired) electrons. The van der Waals surface area contributed by atoms with Crippen LogP contribution < -0.4 is 5.56 Å². The molecule has 15 heavy (non-hydrogen) atoms. The van der Waals surface area contributed by atoms with E-state index in [1.54, 1.807) is 6.20 Å². The third kappa shape index (κ3) is 1.18. The van der Waals surface area contributed by atoms with Crippen molar-refractivity contribution in [2.75, 3.05) is 0 Å². The van der Waals surface area contributed by atoms with Crippen LogP contribution in [0.25, 0.3) is 21.9 Å². The molecule has 0 fully saturated rings. The highest BCUT2D eigenvalue weighted by Gasteiger charge is 2.08. The van der Waals surface area contributed by atoms with Crippen LogP contribution in [0.1, 0.15) is 0 Å². The Bertz CT molecular complexity index is 715. The van der Waals surface area contributed by atoms with Gasteiger partial charge >= 0.3 is 0 Å². The van der Waals surface area contributed by atoms with Crippen LogP contribution in [-0.2, 0) is 0 Å². The molecule has 3 heterocycles. The van der Waals surface area contributed by atoms with Crippen molar-refractivity contribution in [3.05, 3.63) is 33.5 Å². The monoisotopic (exact) mass is 264 g/mol. The molecule has 0 bridgehead atoms. The van der Waals surface area contributed by atoms with Crippen LogP contribution in [0, 0.1) is 0 Å². The first-order valence-corrected chi connectivity index (χ1v) is 5.05. The van der Waals surface area contributed by atoms with Crippen LogP contribution in [-0.4, -0.2) is 19.9 Å². The predicted molar refractivity (Wildman–Crippen MR) is 59.7 cm³/mol. The Balaban J connectivity index is 2.64. The van der Waals surface area contributed by atoms with Crippen LogP contribution in [0.4, 0.5) is 0 Å². The van der Waals surface area contributed by atoms with Crippen LogP contribution in [0.5, 0.6) is 0 Å². The molecule has 0 saturated carbocycles. The Morgan fingerprint density at radius 2 is 2.20 bits per heavy atom. The van der Waals surface area contributed by atoms with Gasteiger partial charge in [-0.05, 0) is 22.0 Å². The fraction of sp³-hybridized carbons (Fsp3) is 0. The molecule has 3 aromatic rings. The summed E-state index contributed by atoms with van der Waals surface area (Å²) in [6.07, 6.45) is 3.06. The van der Waals surface area contributed by atoms with Gasteiger partial charge in [-0.2, -0.15) is 0 Å². The van der Waals surface area contributed by atoms with Gasteiger partial charge in [-0.3, -0.25) is 4.79 Å². The minimum absolute atomic E-state index is 0.174. The second-order valence-corrected chi connectivity index (χ2v) is 3.95. The number of halogens is 1. The van der Waals surface area contributed by atoms with Gasteiger partial charge in [0.25, 0.3) is 5.56 Å². The van der Waals surface area contributed by atoms with E-state index in [0.717, 1.165) is 15.5 Å². The molecule has 5 nitrogen and oxygen atoms in total. The van der Waals surface area contributed by atoms with Crippen molar-refractivity contribution in [1.29, 1.82) is 0 Å². The maximum absolute atomic E-state index is 11.5. The summed E-state index contributed by atoms with van der Waals surface area (Å²) in [5.74, 6) is 0. The highest BCUT2D eigenvalue weighted by atomic mass is 79.9. The third-order valence-corrected chi connectivity index (χ3v) is 2.67. The maximum Gasteiger partial charge on any atom is 0.275 e. The Morgan fingerprint density at radius 1 is 1.33 bits per heavy atom. The average molecular weight is 265 g/mol. The fourth-order valence-electron chi connectivity index (χ4n) is 1.58. The number of fused-ring (bicyclic) bond motifs is 3. The molecule has 0 aliphatic rings. The van der Waals surface area contributed by atoms with Crippen molar-refractivity contribution in [1.82, 2.24) is 19.9 Å². The summed E-state index contributed by atoms with van der Waals surface area (Å²) in [5, 5.41) is 0.887. The van der Waals surface area contributed by atoms with Gasteiger partial charge in [0.1, 0.15) is 15.6 Å². The lowest BCUT2D eigenvalue weighted by Crippen LogP contribution is -2.05. The molecular formula is C9H5BrN4O. The first kappa shape index (κ1) is 8.60. The van der Waals surface area contributed by atoms with Crippen LogP contribution in [0.3, 0.4) is 0 Å². The average Bonchev–Trinajstić information content (AvgIpc) is 2.58. The van der Waals surface area contributed by atoms with Gasteiger partial charge in [0, 0.05) is 5.39 Å². The summed E-state index contributed by atoms with van der Waals surface area (Å²) in [6.45, 7) is 0. The number of aromatic amines is 2. The number of nitrogens with zero attached hydrogens (tertiary/aromatic N) is 2. The summed E-state index contributed by atoms with van der Waals surface area (Å²) in [5.41, 5.74) is 1.77. The van der Waals surface area contributed by atoms with Crippen molar-refractivity contribution in [2.45, 2.75) is 0 Å². The van der Waals surface area contributed by atoms with Crippen molar-refractivity contribution >= 4 is 37.9 Å². The van der Waals surface area contributed by atoms with E-state index in [4.69, 9.17) is 0 Å². The lowest BCUT2D eigenvalue weighted by Gasteiger charge is -1.90. The smallest absolute Gasteiger partial charge is 0.275 e. The lowest BCUT2D eigenvalue weighted by molar-refractivity contribution is 1.17. The van der Waals surface area contributed by atoms with E-state index in [9.17, 15) is 4.79 Å². The molecular weight excluding hydrogens is 260 g/mol. The summed E-state index contributed by atoms with van der Waals surface area (Å²) in [4.78, 5) is 25.2. The van der Waals surface area contributed by atoms with E-state index in [1.165, 1.54) is 6.33 Å². The van der Waals surface area contributed by atoms with Crippen LogP contribution in [0.15, 0.2) is 28.0 Å². The minimum atomic E-state index is -0.174. The van der Waals surface area contributed by atoms with Gasteiger partial charge in [0.05, 0.1) is 18.0 Å². The van der Waals surface area contributed by atoms with E-state index in [-0.39, 0.29) is 5.56 Å². The number of hydrogen-bond donors (Lipinski definition) is 2. The van der Waals surface area contributed by atoms with Crippen molar-refractivity contribution < 1.29 is 0 Å². The topological polar surface area (TPSA) is 74.4 Å². The molecule has 0 aliphatic heterocycles. The van der Waals surface area contributed by atoms with Gasteiger partial charge < -0.3 is 9.97 Å². The summed E-state index contributed by atoms with van der Waals surface area (Å²) >= 11 is 3.28.